The third-order valence-corrected chi connectivity index (χ3v) is 9.76. The number of thioether (sulfide) groups is 3. The number of rotatable bonds is 11. The molecule has 2 aliphatic rings. The summed E-state index contributed by atoms with van der Waals surface area (Å²) in [5, 5.41) is 35.7. The topological polar surface area (TPSA) is 233 Å². The molecule has 2 aliphatic heterocycles. The Morgan fingerprint density at radius 3 is 2.85 bits per heavy atom. The summed E-state index contributed by atoms with van der Waals surface area (Å²) < 4.78 is 0. The molecule has 9 N–H and O–H groups in total. The number of thiazole rings is 1. The van der Waals surface area contributed by atoms with Crippen LogP contribution >= 0.6 is 46.6 Å². The number of carboxylic acids is 1. The zero-order chi connectivity index (χ0) is 28.1. The fourth-order valence-corrected chi connectivity index (χ4v) is 7.73. The quantitative estimate of drug-likeness (QED) is 0.0460. The minimum absolute atomic E-state index is 0.0590. The van der Waals surface area contributed by atoms with Gasteiger partial charge in [-0.25, -0.2) is 9.78 Å². The predicted molar refractivity (Wildman–Crippen MR) is 151 cm³/mol. The van der Waals surface area contributed by atoms with Gasteiger partial charge in [0.2, 0.25) is 0 Å². The first kappa shape index (κ1) is 28.5. The van der Waals surface area contributed by atoms with Gasteiger partial charge in [0.15, 0.2) is 16.8 Å². The van der Waals surface area contributed by atoms with Crippen molar-refractivity contribution >= 4 is 81.2 Å². The molecule has 0 bridgehead atoms. The molecule has 2 atom stereocenters. The zero-order valence-electron chi connectivity index (χ0n) is 20.0. The predicted octanol–water partition coefficient (Wildman–Crippen LogP) is 0.503. The number of carbonyl (C=O) groups is 3. The number of hydrogen-bond acceptors (Lipinski definition) is 13. The molecule has 4 rings (SSSR count). The van der Waals surface area contributed by atoms with Crippen molar-refractivity contribution in [2.45, 2.75) is 22.1 Å². The van der Waals surface area contributed by atoms with Crippen LogP contribution < -0.4 is 22.1 Å². The van der Waals surface area contributed by atoms with Crippen LogP contribution in [0.1, 0.15) is 11.3 Å². The van der Waals surface area contributed by atoms with Crippen LogP contribution in [0.4, 0.5) is 5.13 Å². The van der Waals surface area contributed by atoms with Crippen LogP contribution in [-0.2, 0) is 20.1 Å². The molecule has 14 nitrogen and oxygen atoms in total. The highest BCUT2D eigenvalue weighted by atomic mass is 32.2. The smallest absolute Gasteiger partial charge is 0.353 e. The van der Waals surface area contributed by atoms with Crippen LogP contribution in [-0.4, -0.2) is 84.1 Å². The van der Waals surface area contributed by atoms with Crippen molar-refractivity contribution in [3.8, 4) is 0 Å². The van der Waals surface area contributed by atoms with Crippen molar-refractivity contribution in [3.05, 3.63) is 45.7 Å². The molecular weight excluding hydrogens is 587 g/mol. The number of aliphatic carboxylic acids is 1. The number of β-lactam (4-membered cyclic amide) rings is 1. The Bertz CT molecular complexity index is 1360. The highest BCUT2D eigenvalue weighted by Gasteiger charge is 2.54. The Balaban J connectivity index is 1.46. The van der Waals surface area contributed by atoms with Crippen molar-refractivity contribution in [2.24, 2.45) is 10.9 Å². The van der Waals surface area contributed by atoms with E-state index in [-0.39, 0.29) is 22.5 Å². The molecule has 0 aromatic carbocycles. The Labute approximate surface area is 238 Å². The summed E-state index contributed by atoms with van der Waals surface area (Å²) in [6.45, 7) is 0.535. The molecule has 0 saturated carbocycles. The molecule has 2 aromatic rings. The van der Waals surface area contributed by atoms with Gasteiger partial charge in [0.1, 0.15) is 22.8 Å². The van der Waals surface area contributed by atoms with E-state index in [0.717, 1.165) is 21.8 Å². The first-order chi connectivity index (χ1) is 18.7. The van der Waals surface area contributed by atoms with Gasteiger partial charge < -0.3 is 32.4 Å². The van der Waals surface area contributed by atoms with Gasteiger partial charge in [-0.1, -0.05) is 16.9 Å². The van der Waals surface area contributed by atoms with E-state index >= 15 is 0 Å². The molecule has 0 aliphatic carbocycles. The van der Waals surface area contributed by atoms with Gasteiger partial charge in [-0.15, -0.1) is 23.1 Å². The molecule has 1 fully saturated rings. The number of pyridine rings is 1. The first-order valence-electron chi connectivity index (χ1n) is 11.1. The lowest BCUT2D eigenvalue weighted by Crippen LogP contribution is -2.71. The lowest BCUT2D eigenvalue weighted by molar-refractivity contribution is -0.150. The number of amides is 2. The lowest BCUT2D eigenvalue weighted by atomic mass is 10.0. The highest BCUT2D eigenvalue weighted by molar-refractivity contribution is 8.06. The monoisotopic (exact) mass is 609 g/mol. The number of fused-ring (bicyclic) bond motifs is 1. The minimum atomic E-state index is -1.25. The summed E-state index contributed by atoms with van der Waals surface area (Å²) in [5.41, 5.74) is 11.3. The van der Waals surface area contributed by atoms with Crippen molar-refractivity contribution < 1.29 is 24.7 Å². The number of nitrogens with zero attached hydrogens (tertiary/aromatic N) is 4. The fraction of sp³-hybridized carbons (Fsp3) is 0.286. The van der Waals surface area contributed by atoms with Crippen molar-refractivity contribution in [3.63, 3.8) is 0 Å². The average molecular weight is 610 g/mol. The number of nitrogens with two attached hydrogens (primary N) is 2. The molecule has 39 heavy (non-hydrogen) atoms. The van der Waals surface area contributed by atoms with E-state index < -0.39 is 34.9 Å². The second-order valence-electron chi connectivity index (χ2n) is 7.94. The Hall–Kier alpha value is -3.48. The van der Waals surface area contributed by atoms with E-state index in [1.165, 1.54) is 33.8 Å². The fourth-order valence-electron chi connectivity index (χ4n) is 3.68. The Morgan fingerprint density at radius 1 is 1.38 bits per heavy atom. The number of nitrogens with one attached hydrogen (secondary N) is 3. The van der Waals surface area contributed by atoms with E-state index in [2.05, 4.69) is 25.8 Å². The van der Waals surface area contributed by atoms with E-state index in [1.54, 1.807) is 30.2 Å². The van der Waals surface area contributed by atoms with Crippen LogP contribution in [0.2, 0.25) is 0 Å². The number of guanidine groups is 1. The largest absolute Gasteiger partial charge is 0.477 e. The molecule has 0 unspecified atom stereocenters. The molecule has 4 heterocycles. The first-order valence-corrected chi connectivity index (χ1v) is 15.0. The van der Waals surface area contributed by atoms with Crippen LogP contribution in [0.25, 0.3) is 0 Å². The van der Waals surface area contributed by atoms with E-state index in [9.17, 15) is 24.7 Å². The third-order valence-electron chi connectivity index (χ3n) is 5.41. The maximum atomic E-state index is 13.0. The Kier molecular flexibility index (Phi) is 9.20. The standard InChI is InChI=1S/C21H23N9O5S4/c22-20(23)26-3-4-36-6-9-5-25-2-1-11(9)39-12-8-37-18-14(17(32)30(18)15(12)19(33)34)28-16(31)13(29-35)10-7-38-21(24)27-10/h1-2,5,7,14,18,35H,3-4,6,8H2,(H2,24,27)(H,28,31)(H,33,34)(H4,22,23,26)/b29-13-/t14-,18+/m1/s1. The van der Waals surface area contributed by atoms with Crippen LogP contribution in [0.5, 0.6) is 0 Å². The van der Waals surface area contributed by atoms with Crippen LogP contribution in [0.3, 0.4) is 0 Å². The normalized spacial score (nSPS) is 18.8. The van der Waals surface area contributed by atoms with Crippen LogP contribution in [0.15, 0.2) is 44.5 Å². The van der Waals surface area contributed by atoms with Gasteiger partial charge in [-0.3, -0.25) is 24.9 Å². The molecule has 1 saturated heterocycles. The summed E-state index contributed by atoms with van der Waals surface area (Å²) in [6.07, 6.45) is 3.33. The van der Waals surface area contributed by atoms with Gasteiger partial charge in [-0.05, 0) is 11.6 Å². The van der Waals surface area contributed by atoms with Gasteiger partial charge in [-0.2, -0.15) is 11.8 Å². The maximum absolute atomic E-state index is 13.0. The Morgan fingerprint density at radius 2 is 2.18 bits per heavy atom. The second-order valence-corrected chi connectivity index (χ2v) is 12.2. The number of aromatic nitrogens is 2. The summed E-state index contributed by atoms with van der Waals surface area (Å²) in [4.78, 5) is 48.6. The van der Waals surface area contributed by atoms with Crippen molar-refractivity contribution in [1.82, 2.24) is 25.5 Å². The van der Waals surface area contributed by atoms with E-state index in [0.29, 0.717) is 28.7 Å². The molecule has 2 amide bonds. The summed E-state index contributed by atoms with van der Waals surface area (Å²) in [7, 11) is 0. The highest BCUT2D eigenvalue weighted by Crippen LogP contribution is 2.45. The van der Waals surface area contributed by atoms with E-state index in [4.69, 9.17) is 16.9 Å². The number of carbonyl (C=O) groups excluding carboxylic acids is 2. The second kappa shape index (κ2) is 12.6. The number of nitrogen functional groups attached to an aromatic ring is 1. The van der Waals surface area contributed by atoms with Gasteiger partial charge in [0.05, 0.1) is 0 Å². The number of anilines is 1. The van der Waals surface area contributed by atoms with Crippen molar-refractivity contribution in [2.75, 3.05) is 23.8 Å². The zero-order valence-corrected chi connectivity index (χ0v) is 23.3. The minimum Gasteiger partial charge on any atom is -0.477 e. The van der Waals surface area contributed by atoms with E-state index in [1.807, 2.05) is 0 Å². The molecule has 2 aromatic heterocycles. The van der Waals surface area contributed by atoms with Crippen LogP contribution in [0, 0.1) is 5.41 Å². The summed E-state index contributed by atoms with van der Waals surface area (Å²) in [5.74, 6) is -1.16. The molecular formula is C21H23N9O5S4. The third kappa shape index (κ3) is 6.40. The number of carboxylic acid groups (broad SMARTS) is 1. The molecule has 18 heteroatoms. The van der Waals surface area contributed by atoms with Gasteiger partial charge in [0, 0.05) is 51.4 Å². The SMILES string of the molecule is N=C(N)NCCSCc1cnccc1SC1=C(C(=O)O)N2C(=O)[C@@H](NC(=O)/C(=N\O)c3csc(N)n3)[C@@H]2SC1. The van der Waals surface area contributed by atoms with Gasteiger partial charge in [0.25, 0.3) is 11.8 Å². The van der Waals surface area contributed by atoms with Gasteiger partial charge >= 0.3 is 5.97 Å². The average Bonchev–Trinajstić information content (AvgIpc) is 3.33. The number of hydrogen-bond donors (Lipinski definition) is 7. The lowest BCUT2D eigenvalue weighted by Gasteiger charge is -2.49. The van der Waals surface area contributed by atoms with Crippen molar-refractivity contribution in [1.29, 1.82) is 5.41 Å². The molecule has 0 radical (unpaired) electrons. The summed E-state index contributed by atoms with van der Waals surface area (Å²) in [6, 6.07) is 0.784. The molecule has 0 spiro atoms. The molecule has 206 valence electrons. The maximum Gasteiger partial charge on any atom is 0.353 e. The summed E-state index contributed by atoms with van der Waals surface area (Å²) >= 11 is 5.24. The number of oxime groups is 1.